The average molecular weight is 406 g/mol. The lowest BCUT2D eigenvalue weighted by Crippen LogP contribution is -2.13. The molecule has 2 N–H and O–H groups in total. The van der Waals surface area contributed by atoms with Gasteiger partial charge in [-0.05, 0) is 44.0 Å². The number of aryl methyl sites for hydroxylation is 3. The third-order valence-electron chi connectivity index (χ3n) is 5.06. The van der Waals surface area contributed by atoms with E-state index in [4.69, 9.17) is 13.9 Å². The van der Waals surface area contributed by atoms with Crippen molar-refractivity contribution in [3.05, 3.63) is 52.8 Å². The molecule has 2 heterocycles. The summed E-state index contributed by atoms with van der Waals surface area (Å²) >= 11 is 0. The molecule has 0 fully saturated rings. The Labute approximate surface area is 173 Å². The summed E-state index contributed by atoms with van der Waals surface area (Å²) in [6, 6.07) is 9.34. The molecule has 4 aromatic rings. The monoisotopic (exact) mass is 406 g/mol. The molecule has 8 heteroatoms. The molecule has 30 heavy (non-hydrogen) atoms. The van der Waals surface area contributed by atoms with Gasteiger partial charge < -0.3 is 13.9 Å². The first kappa shape index (κ1) is 19.5. The number of nitrogens with zero attached hydrogens (tertiary/aromatic N) is 2. The predicted molar refractivity (Wildman–Crippen MR) is 113 cm³/mol. The topological polar surface area (TPSA) is 102 Å². The van der Waals surface area contributed by atoms with Crippen molar-refractivity contribution in [2.45, 2.75) is 20.8 Å². The van der Waals surface area contributed by atoms with Crippen LogP contribution < -0.4 is 14.8 Å². The number of furan rings is 1. The molecule has 0 saturated heterocycles. The summed E-state index contributed by atoms with van der Waals surface area (Å²) in [6.07, 6.45) is 0. The number of hydrogen-bond acceptors (Lipinski definition) is 6. The number of carbonyl (C=O) groups excluding carboxylic acids is 1. The summed E-state index contributed by atoms with van der Waals surface area (Å²) in [5, 5.41) is 10.6. The Morgan fingerprint density at radius 1 is 1.07 bits per heavy atom. The number of hydrogen-bond donors (Lipinski definition) is 2. The Kier molecular flexibility index (Phi) is 4.91. The summed E-state index contributed by atoms with van der Waals surface area (Å²) in [5.74, 6) is 1.67. The number of methoxy groups -OCH3 is 2. The summed E-state index contributed by atoms with van der Waals surface area (Å²) in [5.41, 5.74) is 4.23. The Balaban J connectivity index is 1.63. The zero-order valence-corrected chi connectivity index (χ0v) is 17.4. The van der Waals surface area contributed by atoms with Crippen LogP contribution in [-0.2, 0) is 0 Å². The first-order valence-electron chi connectivity index (χ1n) is 9.38. The maximum Gasteiger partial charge on any atom is 0.294 e. The number of aromatic nitrogens is 3. The molecule has 0 aliphatic heterocycles. The van der Waals surface area contributed by atoms with Crippen molar-refractivity contribution in [1.29, 1.82) is 0 Å². The number of carbonyl (C=O) groups is 1. The first-order valence-corrected chi connectivity index (χ1v) is 9.38. The highest BCUT2D eigenvalue weighted by molar-refractivity contribution is 6.06. The third-order valence-corrected chi connectivity index (χ3v) is 5.06. The van der Waals surface area contributed by atoms with E-state index in [9.17, 15) is 4.79 Å². The van der Waals surface area contributed by atoms with Crippen LogP contribution in [0.4, 0.5) is 5.95 Å². The summed E-state index contributed by atoms with van der Waals surface area (Å²) in [4.78, 5) is 17.2. The highest BCUT2D eigenvalue weighted by atomic mass is 16.5. The zero-order chi connectivity index (χ0) is 21.4. The van der Waals surface area contributed by atoms with E-state index in [-0.39, 0.29) is 11.7 Å². The van der Waals surface area contributed by atoms with Gasteiger partial charge in [0.25, 0.3) is 5.91 Å². The van der Waals surface area contributed by atoms with Crippen LogP contribution in [-0.4, -0.2) is 35.3 Å². The average Bonchev–Trinajstić information content (AvgIpc) is 3.35. The number of benzene rings is 2. The van der Waals surface area contributed by atoms with E-state index in [1.165, 1.54) is 0 Å². The summed E-state index contributed by atoms with van der Waals surface area (Å²) < 4.78 is 16.5. The number of ether oxygens (including phenoxy) is 2. The second kappa shape index (κ2) is 7.55. The molecule has 0 unspecified atom stereocenters. The minimum Gasteiger partial charge on any atom is -0.497 e. The van der Waals surface area contributed by atoms with Gasteiger partial charge in [-0.3, -0.25) is 15.2 Å². The number of anilines is 1. The fourth-order valence-electron chi connectivity index (χ4n) is 3.48. The van der Waals surface area contributed by atoms with Gasteiger partial charge in [0.05, 0.1) is 19.8 Å². The molecule has 8 nitrogen and oxygen atoms in total. The lowest BCUT2D eigenvalue weighted by molar-refractivity contribution is 0.0997. The SMILES string of the molecule is COc1ccc(-c2nc(NC(=O)c3oc4c(C)ccc(C)c4c3C)n[nH]2)c(OC)c1. The molecule has 154 valence electrons. The minimum absolute atomic E-state index is 0.140. The van der Waals surface area contributed by atoms with Gasteiger partial charge in [-0.2, -0.15) is 4.98 Å². The van der Waals surface area contributed by atoms with E-state index < -0.39 is 5.91 Å². The molecule has 0 saturated carbocycles. The van der Waals surface area contributed by atoms with Gasteiger partial charge >= 0.3 is 0 Å². The lowest BCUT2D eigenvalue weighted by atomic mass is 10.0. The highest BCUT2D eigenvalue weighted by Crippen LogP contribution is 2.33. The molecule has 0 spiro atoms. The van der Waals surface area contributed by atoms with Gasteiger partial charge in [0, 0.05) is 17.0 Å². The Morgan fingerprint density at radius 3 is 2.53 bits per heavy atom. The largest absolute Gasteiger partial charge is 0.497 e. The standard InChI is InChI=1S/C22H22N4O4/c1-11-6-7-12(2)18-17(11)13(3)19(30-18)21(27)24-22-23-20(25-26-22)15-9-8-14(28-4)10-16(15)29-5/h6-10H,1-5H3,(H2,23,24,25,26,27). The fourth-order valence-corrected chi connectivity index (χ4v) is 3.48. The van der Waals surface area contributed by atoms with Crippen LogP contribution in [0.1, 0.15) is 27.2 Å². The summed E-state index contributed by atoms with van der Waals surface area (Å²) in [6.45, 7) is 5.82. The molecule has 1 amide bonds. The van der Waals surface area contributed by atoms with Gasteiger partial charge in [-0.25, -0.2) is 0 Å². The lowest BCUT2D eigenvalue weighted by Gasteiger charge is -2.07. The van der Waals surface area contributed by atoms with E-state index in [0.717, 1.165) is 27.7 Å². The van der Waals surface area contributed by atoms with Crippen LogP contribution in [0.2, 0.25) is 0 Å². The predicted octanol–water partition coefficient (Wildman–Crippen LogP) is 4.41. The maximum atomic E-state index is 12.8. The molecule has 0 atom stereocenters. The quantitative estimate of drug-likeness (QED) is 0.509. The van der Waals surface area contributed by atoms with Crippen LogP contribution in [0.15, 0.2) is 34.7 Å². The van der Waals surface area contributed by atoms with Gasteiger partial charge in [0.2, 0.25) is 5.95 Å². The van der Waals surface area contributed by atoms with Crippen LogP contribution in [0.5, 0.6) is 11.5 Å². The van der Waals surface area contributed by atoms with Crippen molar-refractivity contribution in [3.63, 3.8) is 0 Å². The van der Waals surface area contributed by atoms with Gasteiger partial charge in [-0.1, -0.05) is 12.1 Å². The molecule has 0 aliphatic carbocycles. The number of rotatable bonds is 5. The van der Waals surface area contributed by atoms with Crippen LogP contribution >= 0.6 is 0 Å². The fraction of sp³-hybridized carbons (Fsp3) is 0.227. The van der Waals surface area contributed by atoms with Crippen LogP contribution in [0.25, 0.3) is 22.4 Å². The molecular formula is C22H22N4O4. The van der Waals surface area contributed by atoms with E-state index in [2.05, 4.69) is 20.5 Å². The van der Waals surface area contributed by atoms with Gasteiger partial charge in [0.1, 0.15) is 17.1 Å². The zero-order valence-electron chi connectivity index (χ0n) is 17.4. The molecule has 2 aromatic heterocycles. The van der Waals surface area contributed by atoms with Crippen molar-refractivity contribution in [2.75, 3.05) is 19.5 Å². The number of H-pyrrole nitrogens is 1. The van der Waals surface area contributed by atoms with Crippen molar-refractivity contribution < 1.29 is 18.7 Å². The first-order chi connectivity index (χ1) is 14.4. The Bertz CT molecular complexity index is 1260. The Hall–Kier alpha value is -3.81. The minimum atomic E-state index is -0.408. The van der Waals surface area contributed by atoms with E-state index in [1.807, 2.05) is 32.9 Å². The van der Waals surface area contributed by atoms with E-state index >= 15 is 0 Å². The van der Waals surface area contributed by atoms with Gasteiger partial charge in [-0.15, -0.1) is 5.10 Å². The molecule has 2 aromatic carbocycles. The summed E-state index contributed by atoms with van der Waals surface area (Å²) in [7, 11) is 3.14. The van der Waals surface area contributed by atoms with Crippen molar-refractivity contribution >= 4 is 22.8 Å². The van der Waals surface area contributed by atoms with Crippen LogP contribution in [0, 0.1) is 20.8 Å². The second-order valence-electron chi connectivity index (χ2n) is 6.99. The van der Waals surface area contributed by atoms with E-state index in [0.29, 0.717) is 22.9 Å². The molecule has 0 aliphatic rings. The maximum absolute atomic E-state index is 12.8. The molecule has 4 rings (SSSR count). The number of fused-ring (bicyclic) bond motifs is 1. The smallest absolute Gasteiger partial charge is 0.294 e. The van der Waals surface area contributed by atoms with E-state index in [1.54, 1.807) is 32.4 Å². The Morgan fingerprint density at radius 2 is 1.83 bits per heavy atom. The van der Waals surface area contributed by atoms with Gasteiger partial charge in [0.15, 0.2) is 11.6 Å². The second-order valence-corrected chi connectivity index (χ2v) is 6.99. The molecular weight excluding hydrogens is 384 g/mol. The normalized spacial score (nSPS) is 11.0. The van der Waals surface area contributed by atoms with Crippen LogP contribution in [0.3, 0.4) is 0 Å². The molecule has 0 bridgehead atoms. The number of amides is 1. The van der Waals surface area contributed by atoms with Crippen molar-refractivity contribution in [1.82, 2.24) is 15.2 Å². The number of nitrogens with one attached hydrogen (secondary N) is 2. The number of aromatic amines is 1. The van der Waals surface area contributed by atoms with Crippen molar-refractivity contribution in [3.8, 4) is 22.9 Å². The molecule has 0 radical (unpaired) electrons. The third kappa shape index (κ3) is 3.26. The highest BCUT2D eigenvalue weighted by Gasteiger charge is 2.21. The van der Waals surface area contributed by atoms with Crippen molar-refractivity contribution in [2.24, 2.45) is 0 Å².